The van der Waals surface area contributed by atoms with E-state index < -0.39 is 0 Å². The van der Waals surface area contributed by atoms with Crippen molar-refractivity contribution in [2.24, 2.45) is 0 Å². The molecule has 0 atom stereocenters. The Morgan fingerprint density at radius 3 is 2.03 bits per heavy atom. The number of nitrogens with zero attached hydrogens (tertiary/aromatic N) is 4. The first kappa shape index (κ1) is 28.2. The van der Waals surface area contributed by atoms with Crippen molar-refractivity contribution in [2.75, 3.05) is 20.6 Å². The SMILES string of the molecule is CN(C)CCCn1nc(-c2cc(C(C)(C)C)c(O)c(C(C)(C)C)c2)c2cccnc21.Cl.Cl. The molecule has 0 radical (unpaired) electrons. The molecule has 0 fully saturated rings. The summed E-state index contributed by atoms with van der Waals surface area (Å²) in [6, 6.07) is 8.26. The van der Waals surface area contributed by atoms with Gasteiger partial charge < -0.3 is 10.0 Å². The Morgan fingerprint density at radius 1 is 0.969 bits per heavy atom. The molecular weight excluding hydrogens is 443 g/mol. The number of phenolic OH excluding ortho intramolecular Hbond substituents is 1. The number of pyridine rings is 1. The monoisotopic (exact) mass is 480 g/mol. The van der Waals surface area contributed by atoms with Gasteiger partial charge in [-0.2, -0.15) is 5.10 Å². The summed E-state index contributed by atoms with van der Waals surface area (Å²) in [5, 5.41) is 17.1. The molecule has 2 aromatic heterocycles. The molecule has 0 aliphatic rings. The Kier molecular flexibility index (Phi) is 9.18. The second-order valence-corrected chi connectivity index (χ2v) is 10.5. The van der Waals surface area contributed by atoms with Crippen LogP contribution < -0.4 is 0 Å². The largest absolute Gasteiger partial charge is 0.507 e. The number of aryl methyl sites for hydroxylation is 1. The Hall–Kier alpha value is -1.82. The van der Waals surface area contributed by atoms with Gasteiger partial charge in [-0.3, -0.25) is 0 Å². The highest BCUT2D eigenvalue weighted by atomic mass is 35.5. The first-order valence-electron chi connectivity index (χ1n) is 10.7. The summed E-state index contributed by atoms with van der Waals surface area (Å²) in [5.41, 5.74) is 4.42. The third-order valence-electron chi connectivity index (χ3n) is 5.48. The quantitative estimate of drug-likeness (QED) is 0.472. The van der Waals surface area contributed by atoms with E-state index in [4.69, 9.17) is 5.10 Å². The average molecular weight is 482 g/mol. The zero-order chi connectivity index (χ0) is 22.3. The number of benzene rings is 1. The maximum absolute atomic E-state index is 11.1. The lowest BCUT2D eigenvalue weighted by Crippen LogP contribution is -2.17. The first-order valence-corrected chi connectivity index (χ1v) is 10.7. The minimum absolute atomic E-state index is 0. The summed E-state index contributed by atoms with van der Waals surface area (Å²) in [5.74, 6) is 0.395. The van der Waals surface area contributed by atoms with Crippen LogP contribution in [0.15, 0.2) is 30.5 Å². The van der Waals surface area contributed by atoms with Crippen LogP contribution in [0.25, 0.3) is 22.3 Å². The van der Waals surface area contributed by atoms with Gasteiger partial charge in [0.2, 0.25) is 0 Å². The summed E-state index contributed by atoms with van der Waals surface area (Å²) in [7, 11) is 4.17. The fourth-order valence-electron chi connectivity index (χ4n) is 3.83. The lowest BCUT2D eigenvalue weighted by atomic mass is 9.78. The van der Waals surface area contributed by atoms with E-state index in [0.29, 0.717) is 5.75 Å². The van der Waals surface area contributed by atoms with Crippen molar-refractivity contribution in [1.29, 1.82) is 0 Å². The number of halogens is 2. The van der Waals surface area contributed by atoms with E-state index in [1.807, 2.05) is 16.9 Å². The molecule has 0 saturated heterocycles. The lowest BCUT2D eigenvalue weighted by molar-refractivity contribution is 0.382. The first-order chi connectivity index (χ1) is 13.9. The predicted molar refractivity (Wildman–Crippen MR) is 140 cm³/mol. The summed E-state index contributed by atoms with van der Waals surface area (Å²) in [4.78, 5) is 6.81. The number of hydrogen-bond donors (Lipinski definition) is 1. The molecule has 178 valence electrons. The number of rotatable bonds is 5. The van der Waals surface area contributed by atoms with Gasteiger partial charge in [0.05, 0.1) is 0 Å². The molecule has 0 bridgehead atoms. The standard InChI is InChI=1S/C25H36N4O.2ClH/c1-24(2,3)19-15-17(16-20(22(19)30)25(4,5)6)21-18-11-9-12-26-23(18)29(27-21)14-10-13-28(7)8;;/h9,11-12,15-16,30H,10,13-14H2,1-8H3;2*1H. The van der Waals surface area contributed by atoms with Gasteiger partial charge in [0.25, 0.3) is 0 Å². The molecule has 0 aliphatic carbocycles. The molecule has 3 rings (SSSR count). The maximum Gasteiger partial charge on any atom is 0.158 e. The van der Waals surface area contributed by atoms with Gasteiger partial charge in [-0.25, -0.2) is 9.67 Å². The summed E-state index contributed by atoms with van der Waals surface area (Å²) in [6.45, 7) is 14.6. The highest BCUT2D eigenvalue weighted by Crippen LogP contribution is 2.42. The van der Waals surface area contributed by atoms with Crippen LogP contribution in [-0.4, -0.2) is 45.4 Å². The smallest absolute Gasteiger partial charge is 0.158 e. The van der Waals surface area contributed by atoms with Crippen molar-refractivity contribution >= 4 is 35.8 Å². The fraction of sp³-hybridized carbons (Fsp3) is 0.520. The Morgan fingerprint density at radius 2 is 1.53 bits per heavy atom. The van der Waals surface area contributed by atoms with Crippen LogP contribution >= 0.6 is 24.8 Å². The van der Waals surface area contributed by atoms with Crippen LogP contribution in [0.5, 0.6) is 5.75 Å². The van der Waals surface area contributed by atoms with Crippen LogP contribution in [0, 0.1) is 0 Å². The number of aromatic nitrogens is 3. The molecule has 0 aliphatic heterocycles. The average Bonchev–Trinajstić information content (AvgIpc) is 2.99. The zero-order valence-corrected chi connectivity index (χ0v) is 22.2. The van der Waals surface area contributed by atoms with E-state index in [0.717, 1.165) is 52.9 Å². The molecule has 5 nitrogen and oxygen atoms in total. The van der Waals surface area contributed by atoms with E-state index in [-0.39, 0.29) is 35.6 Å². The molecule has 0 amide bonds. The number of aromatic hydroxyl groups is 1. The van der Waals surface area contributed by atoms with Crippen LogP contribution in [0.1, 0.15) is 59.1 Å². The molecule has 0 saturated carbocycles. The zero-order valence-electron chi connectivity index (χ0n) is 20.6. The molecule has 7 heteroatoms. The lowest BCUT2D eigenvalue weighted by Gasteiger charge is -2.28. The normalized spacial score (nSPS) is 12.0. The van der Waals surface area contributed by atoms with E-state index in [9.17, 15) is 5.11 Å². The number of hydrogen-bond acceptors (Lipinski definition) is 4. The van der Waals surface area contributed by atoms with E-state index in [2.05, 4.69) is 83.7 Å². The Bertz CT molecular complexity index is 1010. The molecule has 3 aromatic rings. The van der Waals surface area contributed by atoms with Crippen molar-refractivity contribution in [2.45, 2.75) is 65.3 Å². The molecule has 0 spiro atoms. The van der Waals surface area contributed by atoms with Gasteiger partial charge >= 0.3 is 0 Å². The van der Waals surface area contributed by atoms with E-state index in [1.165, 1.54) is 0 Å². The summed E-state index contributed by atoms with van der Waals surface area (Å²) < 4.78 is 2.02. The minimum Gasteiger partial charge on any atom is -0.507 e. The molecule has 0 unspecified atom stereocenters. The molecular formula is C25H38Cl2N4O. The number of fused-ring (bicyclic) bond motifs is 1. The Balaban J connectivity index is 0.00000256. The molecule has 1 N–H and O–H groups in total. The van der Waals surface area contributed by atoms with Gasteiger partial charge in [-0.05, 0) is 62.2 Å². The van der Waals surface area contributed by atoms with Crippen LogP contribution in [0.2, 0.25) is 0 Å². The van der Waals surface area contributed by atoms with Gasteiger partial charge in [-0.1, -0.05) is 41.5 Å². The van der Waals surface area contributed by atoms with Crippen molar-refractivity contribution < 1.29 is 5.11 Å². The van der Waals surface area contributed by atoms with Crippen molar-refractivity contribution in [3.8, 4) is 17.0 Å². The van der Waals surface area contributed by atoms with Crippen molar-refractivity contribution in [3.63, 3.8) is 0 Å². The Labute approximate surface area is 205 Å². The molecule has 1 aromatic carbocycles. The third kappa shape index (κ3) is 5.94. The van der Waals surface area contributed by atoms with Crippen LogP contribution in [-0.2, 0) is 17.4 Å². The highest BCUT2D eigenvalue weighted by Gasteiger charge is 2.28. The maximum atomic E-state index is 11.1. The van der Waals surface area contributed by atoms with Crippen LogP contribution in [0.4, 0.5) is 0 Å². The number of phenols is 1. The summed E-state index contributed by atoms with van der Waals surface area (Å²) in [6.07, 6.45) is 2.84. The molecule has 2 heterocycles. The van der Waals surface area contributed by atoms with Gasteiger partial charge in [-0.15, -0.1) is 24.8 Å². The highest BCUT2D eigenvalue weighted by molar-refractivity contribution is 5.91. The second kappa shape index (κ2) is 10.4. The third-order valence-corrected chi connectivity index (χ3v) is 5.48. The minimum atomic E-state index is -0.178. The predicted octanol–water partition coefficient (Wildman–Crippen LogP) is 6.19. The fourth-order valence-corrected chi connectivity index (χ4v) is 3.83. The second-order valence-electron chi connectivity index (χ2n) is 10.5. The van der Waals surface area contributed by atoms with Crippen molar-refractivity contribution in [1.82, 2.24) is 19.7 Å². The summed E-state index contributed by atoms with van der Waals surface area (Å²) >= 11 is 0. The topological polar surface area (TPSA) is 54.2 Å². The van der Waals surface area contributed by atoms with Gasteiger partial charge in [0, 0.05) is 34.8 Å². The van der Waals surface area contributed by atoms with Gasteiger partial charge in [0.1, 0.15) is 11.4 Å². The van der Waals surface area contributed by atoms with E-state index in [1.54, 1.807) is 0 Å². The van der Waals surface area contributed by atoms with Crippen LogP contribution in [0.3, 0.4) is 0 Å². The van der Waals surface area contributed by atoms with E-state index >= 15 is 0 Å². The molecule has 32 heavy (non-hydrogen) atoms. The van der Waals surface area contributed by atoms with Crippen molar-refractivity contribution in [3.05, 3.63) is 41.6 Å². The van der Waals surface area contributed by atoms with Gasteiger partial charge in [0.15, 0.2) is 5.65 Å².